The minimum Gasteiger partial charge on any atom is -0.456 e. The van der Waals surface area contributed by atoms with Crippen molar-refractivity contribution in [2.45, 2.75) is 20.3 Å². The summed E-state index contributed by atoms with van der Waals surface area (Å²) in [4.78, 5) is 16.3. The lowest BCUT2D eigenvalue weighted by Crippen LogP contribution is -2.07. The zero-order chi connectivity index (χ0) is 45.7. The average molecular weight is 889 g/mol. The molecule has 5 aromatic heterocycles. The molecule has 0 atom stereocenters. The van der Waals surface area contributed by atoms with E-state index in [-0.39, 0.29) is 0 Å². The molecule has 0 N–H and O–H groups in total. The third-order valence-electron chi connectivity index (χ3n) is 13.4. The Morgan fingerprint density at radius 2 is 0.725 bits per heavy atom. The van der Waals surface area contributed by atoms with Gasteiger partial charge >= 0.3 is 0 Å². The Morgan fingerprint density at radius 1 is 0.333 bits per heavy atom. The number of benzene rings is 10. The van der Waals surface area contributed by atoms with Crippen LogP contribution in [0.5, 0.6) is 0 Å². The van der Waals surface area contributed by atoms with Gasteiger partial charge < -0.3 is 13.3 Å². The van der Waals surface area contributed by atoms with E-state index in [0.717, 1.165) is 126 Å². The van der Waals surface area contributed by atoms with Crippen LogP contribution in [0.2, 0.25) is 0 Å². The second-order valence-corrected chi connectivity index (χ2v) is 17.8. The molecule has 0 saturated carbocycles. The summed E-state index contributed by atoms with van der Waals surface area (Å²) in [5.41, 5.74) is 10.5. The monoisotopic (exact) mass is 888 g/mol. The fourth-order valence-corrected chi connectivity index (χ4v) is 10.5. The maximum Gasteiger partial charge on any atom is 0.238 e. The second-order valence-electron chi connectivity index (χ2n) is 17.8. The molecule has 0 spiro atoms. The van der Waals surface area contributed by atoms with E-state index in [0.29, 0.717) is 17.6 Å². The first kappa shape index (κ1) is 39.1. The first-order chi connectivity index (χ1) is 34.1. The molecule has 5 heterocycles. The van der Waals surface area contributed by atoms with Crippen molar-refractivity contribution >= 4 is 109 Å². The Morgan fingerprint density at radius 3 is 1.25 bits per heavy atom. The van der Waals surface area contributed by atoms with Gasteiger partial charge in [-0.25, -0.2) is 4.98 Å². The highest BCUT2D eigenvalue weighted by atomic mass is 16.3. The topological polar surface area (TPSA) is 83.0 Å². The fraction of sp³-hybridized carbons (Fsp3) is 0.0484. The molecule has 0 saturated heterocycles. The summed E-state index contributed by atoms with van der Waals surface area (Å²) in [5.74, 6) is 1.52. The quantitative estimate of drug-likeness (QED) is 0.164. The van der Waals surface area contributed by atoms with Crippen LogP contribution >= 0.6 is 0 Å². The van der Waals surface area contributed by atoms with Gasteiger partial charge in [-0.1, -0.05) is 160 Å². The molecule has 0 aliphatic rings. The first-order valence-electron chi connectivity index (χ1n) is 23.5. The molecule has 15 aromatic rings. The number of fused-ring (bicyclic) bond motifs is 17. The summed E-state index contributed by atoms with van der Waals surface area (Å²) in [6.07, 6.45) is 1.25. The molecule has 0 radical (unpaired) electrons. The highest BCUT2D eigenvalue weighted by Crippen LogP contribution is 2.46. The van der Waals surface area contributed by atoms with Gasteiger partial charge in [0.1, 0.15) is 33.5 Å². The zero-order valence-corrected chi connectivity index (χ0v) is 37.7. The van der Waals surface area contributed by atoms with Gasteiger partial charge in [0.05, 0.1) is 11.0 Å². The van der Waals surface area contributed by atoms with Gasteiger partial charge in [0.25, 0.3) is 0 Å². The summed E-state index contributed by atoms with van der Waals surface area (Å²) >= 11 is 0. The molecule has 0 aliphatic carbocycles. The van der Waals surface area contributed by atoms with E-state index < -0.39 is 0 Å². The van der Waals surface area contributed by atoms with Crippen LogP contribution in [0.15, 0.2) is 207 Å². The molecule has 7 nitrogen and oxygen atoms in total. The van der Waals surface area contributed by atoms with Crippen molar-refractivity contribution in [1.29, 1.82) is 0 Å². The van der Waals surface area contributed by atoms with Crippen LogP contribution in [0.1, 0.15) is 20.3 Å². The summed E-state index contributed by atoms with van der Waals surface area (Å²) < 4.78 is 21.6. The van der Waals surface area contributed by atoms with Crippen LogP contribution in [0.3, 0.4) is 0 Å². The van der Waals surface area contributed by atoms with Crippen molar-refractivity contribution in [2.75, 3.05) is 0 Å². The fourth-order valence-electron chi connectivity index (χ4n) is 10.5. The maximum absolute atomic E-state index is 6.49. The molecular weight excluding hydrogens is 849 g/mol. The standard InChI is InChI=1S/C59H32N4O3.C3H8/c1-3-17-45-37(12-1)38-13-2-4-18-46(38)56-54(45)47-20-11-19-36(33-24-27-42-39-14-5-8-21-48(39)64-51(42)30-33)55(47)63(56)59-61-57(34-25-28-43-40-15-6-9-22-49(40)65-52(43)31-34)60-58(62-59)35-26-29-44-41-16-7-10-23-50(41)66-53(44)32-35;1-3-2/h1-32H;3H2,1-2H3. The predicted octanol–water partition coefficient (Wildman–Crippen LogP) is 17.4. The van der Waals surface area contributed by atoms with Gasteiger partial charge in [-0.2, -0.15) is 9.97 Å². The molecule has 0 fully saturated rings. The van der Waals surface area contributed by atoms with Crippen LogP contribution in [-0.2, 0) is 0 Å². The van der Waals surface area contributed by atoms with E-state index in [4.69, 9.17) is 28.2 Å². The second kappa shape index (κ2) is 15.2. The average Bonchev–Trinajstić information content (AvgIpc) is 4.17. The third kappa shape index (κ3) is 5.97. The predicted molar refractivity (Wildman–Crippen MR) is 283 cm³/mol. The number of furan rings is 3. The Kier molecular flexibility index (Phi) is 8.64. The molecule has 326 valence electrons. The lowest BCUT2D eigenvalue weighted by Gasteiger charge is -2.14. The summed E-state index contributed by atoms with van der Waals surface area (Å²) in [6.45, 7) is 4.25. The van der Waals surface area contributed by atoms with E-state index in [1.54, 1.807) is 0 Å². The molecule has 0 unspecified atom stereocenters. The van der Waals surface area contributed by atoms with Gasteiger partial charge in [-0.3, -0.25) is 4.57 Å². The van der Waals surface area contributed by atoms with Crippen LogP contribution in [0.25, 0.3) is 149 Å². The van der Waals surface area contributed by atoms with E-state index in [1.165, 1.54) is 11.8 Å². The Bertz CT molecular complexity index is 4440. The highest BCUT2D eigenvalue weighted by molar-refractivity contribution is 6.33. The number of rotatable bonds is 4. The minimum absolute atomic E-state index is 0.488. The Hall–Kier alpha value is -9.07. The summed E-state index contributed by atoms with van der Waals surface area (Å²) in [7, 11) is 0. The smallest absolute Gasteiger partial charge is 0.238 e. The lowest BCUT2D eigenvalue weighted by molar-refractivity contribution is 0.668. The third-order valence-corrected chi connectivity index (χ3v) is 13.4. The van der Waals surface area contributed by atoms with Crippen LogP contribution in [-0.4, -0.2) is 19.5 Å². The molecular formula is C62H40N4O3. The van der Waals surface area contributed by atoms with Crippen LogP contribution in [0, 0.1) is 0 Å². The molecule has 0 amide bonds. The van der Waals surface area contributed by atoms with Crippen molar-refractivity contribution in [2.24, 2.45) is 0 Å². The zero-order valence-electron chi connectivity index (χ0n) is 37.7. The number of nitrogens with zero attached hydrogens (tertiary/aromatic N) is 4. The number of hydrogen-bond acceptors (Lipinski definition) is 6. The largest absolute Gasteiger partial charge is 0.456 e. The van der Waals surface area contributed by atoms with E-state index in [2.05, 4.69) is 152 Å². The van der Waals surface area contributed by atoms with Crippen molar-refractivity contribution < 1.29 is 13.3 Å². The Labute approximate surface area is 394 Å². The molecule has 15 rings (SSSR count). The lowest BCUT2D eigenvalue weighted by atomic mass is 9.96. The van der Waals surface area contributed by atoms with Gasteiger partial charge in [-0.15, -0.1) is 0 Å². The van der Waals surface area contributed by atoms with Crippen LogP contribution in [0.4, 0.5) is 0 Å². The molecule has 0 aliphatic heterocycles. The highest BCUT2D eigenvalue weighted by Gasteiger charge is 2.25. The van der Waals surface area contributed by atoms with E-state index >= 15 is 0 Å². The number of para-hydroxylation sites is 4. The summed E-state index contributed by atoms with van der Waals surface area (Å²) in [6, 6.07) is 67.4. The Balaban J connectivity index is 0.00000146. The summed E-state index contributed by atoms with van der Waals surface area (Å²) in [5, 5.41) is 13.2. The van der Waals surface area contributed by atoms with E-state index in [1.807, 2.05) is 60.7 Å². The van der Waals surface area contributed by atoms with Crippen molar-refractivity contribution in [3.8, 4) is 39.9 Å². The van der Waals surface area contributed by atoms with Gasteiger partial charge in [-0.05, 0) is 76.3 Å². The van der Waals surface area contributed by atoms with Crippen molar-refractivity contribution in [3.63, 3.8) is 0 Å². The number of aromatic nitrogens is 4. The molecule has 7 heteroatoms. The van der Waals surface area contributed by atoms with Gasteiger partial charge in [0.2, 0.25) is 5.95 Å². The van der Waals surface area contributed by atoms with Gasteiger partial charge in [0.15, 0.2) is 11.6 Å². The molecule has 10 aromatic carbocycles. The van der Waals surface area contributed by atoms with E-state index in [9.17, 15) is 0 Å². The molecule has 0 bridgehead atoms. The maximum atomic E-state index is 6.49. The van der Waals surface area contributed by atoms with Crippen molar-refractivity contribution in [1.82, 2.24) is 19.5 Å². The van der Waals surface area contributed by atoms with Crippen LogP contribution < -0.4 is 0 Å². The molecule has 69 heavy (non-hydrogen) atoms. The SMILES string of the molecule is CCC.c1ccc2c(c1)oc1cc(-c3nc(-c4ccc5c(c4)oc4ccccc45)nc(-n4c5c(-c6ccc7c(c6)oc6ccccc67)cccc5c5c6ccccc6c6ccccc6c54)n3)ccc12. The minimum atomic E-state index is 0.488. The normalized spacial score (nSPS) is 12.0. The van der Waals surface area contributed by atoms with Crippen molar-refractivity contribution in [3.05, 3.63) is 194 Å². The number of hydrogen-bond donors (Lipinski definition) is 0. The van der Waals surface area contributed by atoms with Gasteiger partial charge in [0, 0.05) is 65.2 Å². The first-order valence-corrected chi connectivity index (χ1v) is 23.5.